The molecule has 2 aromatic heterocycles. The Bertz CT molecular complexity index is 967. The van der Waals surface area contributed by atoms with Crippen LogP contribution in [0.25, 0.3) is 10.2 Å². The predicted octanol–water partition coefficient (Wildman–Crippen LogP) is 1.90. The average molecular weight is 411 g/mol. The third-order valence-corrected chi connectivity index (χ3v) is 5.99. The van der Waals surface area contributed by atoms with Gasteiger partial charge in [0.25, 0.3) is 5.91 Å². The van der Waals surface area contributed by atoms with Crippen molar-refractivity contribution >= 4 is 38.5 Å². The maximum Gasteiger partial charge on any atom is 0.274 e. The number of piperazine rings is 1. The fraction of sp³-hybridized carbons (Fsp3) is 0.350. The summed E-state index contributed by atoms with van der Waals surface area (Å²) < 4.78 is 1.07. The van der Waals surface area contributed by atoms with Gasteiger partial charge in [0.05, 0.1) is 23.0 Å². The third-order valence-electron chi connectivity index (χ3n) is 4.93. The number of hydrogen-bond acceptors (Lipinski definition) is 7. The number of hydrogen-bond donors (Lipinski definition) is 0. The number of carbonyl (C=O) groups is 2. The second kappa shape index (κ2) is 8.62. The number of nitrogens with zero attached hydrogens (tertiary/aromatic N) is 6. The van der Waals surface area contributed by atoms with Gasteiger partial charge in [-0.05, 0) is 19.1 Å². The van der Waals surface area contributed by atoms with Gasteiger partial charge in [-0.2, -0.15) is 0 Å². The van der Waals surface area contributed by atoms with E-state index in [1.54, 1.807) is 16.0 Å². The van der Waals surface area contributed by atoms with Crippen LogP contribution in [-0.4, -0.2) is 75.8 Å². The Morgan fingerprint density at radius 3 is 2.62 bits per heavy atom. The van der Waals surface area contributed by atoms with Crippen molar-refractivity contribution < 1.29 is 9.59 Å². The molecule has 0 atom stereocenters. The van der Waals surface area contributed by atoms with Crippen LogP contribution >= 0.6 is 11.3 Å². The molecule has 1 fully saturated rings. The molecule has 4 rings (SSSR count). The predicted molar refractivity (Wildman–Crippen MR) is 112 cm³/mol. The van der Waals surface area contributed by atoms with Crippen molar-refractivity contribution in [2.45, 2.75) is 6.92 Å². The lowest BCUT2D eigenvalue weighted by molar-refractivity contribution is -0.120. The van der Waals surface area contributed by atoms with Gasteiger partial charge in [0.15, 0.2) is 5.13 Å². The molecule has 3 heterocycles. The van der Waals surface area contributed by atoms with Gasteiger partial charge in [-0.1, -0.05) is 23.5 Å². The molecule has 1 saturated heterocycles. The van der Waals surface area contributed by atoms with E-state index in [9.17, 15) is 9.59 Å². The molecule has 2 amide bonds. The smallest absolute Gasteiger partial charge is 0.274 e. The largest absolute Gasteiger partial charge is 0.335 e. The van der Waals surface area contributed by atoms with Crippen LogP contribution in [0.4, 0.5) is 5.13 Å². The van der Waals surface area contributed by atoms with E-state index in [0.717, 1.165) is 15.3 Å². The Balaban J connectivity index is 1.35. The van der Waals surface area contributed by atoms with Crippen molar-refractivity contribution in [1.82, 2.24) is 24.8 Å². The molecular weight excluding hydrogens is 388 g/mol. The number of carbonyl (C=O) groups excluding carboxylic acids is 2. The van der Waals surface area contributed by atoms with Crippen molar-refractivity contribution in [3.05, 3.63) is 48.5 Å². The number of fused-ring (bicyclic) bond motifs is 1. The summed E-state index contributed by atoms with van der Waals surface area (Å²) in [7, 11) is 0. The Labute approximate surface area is 172 Å². The van der Waals surface area contributed by atoms with E-state index in [-0.39, 0.29) is 11.8 Å². The Hall–Kier alpha value is -2.91. The van der Waals surface area contributed by atoms with Crippen molar-refractivity contribution in [2.24, 2.45) is 0 Å². The summed E-state index contributed by atoms with van der Waals surface area (Å²) in [6, 6.07) is 7.90. The molecule has 0 radical (unpaired) electrons. The molecule has 0 bridgehead atoms. The van der Waals surface area contributed by atoms with Crippen LogP contribution in [0.3, 0.4) is 0 Å². The first-order valence-electron chi connectivity index (χ1n) is 9.59. The zero-order chi connectivity index (χ0) is 20.2. The normalized spacial score (nSPS) is 14.9. The molecule has 0 N–H and O–H groups in total. The molecule has 1 aliphatic rings. The highest BCUT2D eigenvalue weighted by molar-refractivity contribution is 7.22. The van der Waals surface area contributed by atoms with Crippen LogP contribution < -0.4 is 4.90 Å². The molecule has 29 heavy (non-hydrogen) atoms. The number of thiazole rings is 1. The number of anilines is 1. The standard InChI is InChI=1S/C20H22N6O2S/c1-2-26(20-23-15-5-3-4-6-17(15)29-20)18(27)14-24-9-11-25(12-10-24)19(28)16-13-21-7-8-22-16/h3-8,13H,2,9-12,14H2,1H3. The summed E-state index contributed by atoms with van der Waals surface area (Å²) in [5.41, 5.74) is 1.26. The zero-order valence-electron chi connectivity index (χ0n) is 16.2. The van der Waals surface area contributed by atoms with E-state index in [2.05, 4.69) is 19.9 Å². The van der Waals surface area contributed by atoms with Gasteiger partial charge in [-0.15, -0.1) is 0 Å². The lowest BCUT2D eigenvalue weighted by atomic mass is 10.2. The fourth-order valence-corrected chi connectivity index (χ4v) is 4.40. The average Bonchev–Trinajstić information content (AvgIpc) is 3.18. The van der Waals surface area contributed by atoms with Gasteiger partial charge < -0.3 is 4.90 Å². The number of para-hydroxylation sites is 1. The monoisotopic (exact) mass is 410 g/mol. The second-order valence-electron chi connectivity index (χ2n) is 6.76. The molecule has 8 nitrogen and oxygen atoms in total. The minimum atomic E-state index is -0.117. The number of benzene rings is 1. The van der Waals surface area contributed by atoms with Crippen molar-refractivity contribution in [2.75, 3.05) is 44.2 Å². The van der Waals surface area contributed by atoms with E-state index in [1.165, 1.54) is 23.7 Å². The Morgan fingerprint density at radius 2 is 1.93 bits per heavy atom. The first-order valence-corrected chi connectivity index (χ1v) is 10.4. The molecule has 0 aliphatic carbocycles. The van der Waals surface area contributed by atoms with Crippen LogP contribution in [0, 0.1) is 0 Å². The molecule has 1 aliphatic heterocycles. The summed E-state index contributed by atoms with van der Waals surface area (Å²) in [4.78, 5) is 43.6. The SMILES string of the molecule is CCN(C(=O)CN1CCN(C(=O)c2cnccn2)CC1)c1nc2ccccc2s1. The molecule has 9 heteroatoms. The van der Waals surface area contributed by atoms with Crippen LogP contribution in [0.15, 0.2) is 42.9 Å². The van der Waals surface area contributed by atoms with Gasteiger partial charge in [-0.25, -0.2) is 9.97 Å². The molecule has 0 unspecified atom stereocenters. The number of amides is 2. The summed E-state index contributed by atoms with van der Waals surface area (Å²) in [5.74, 6) is -0.0889. The van der Waals surface area contributed by atoms with Crippen molar-refractivity contribution in [1.29, 1.82) is 0 Å². The topological polar surface area (TPSA) is 82.5 Å². The van der Waals surface area contributed by atoms with Gasteiger partial charge >= 0.3 is 0 Å². The van der Waals surface area contributed by atoms with Crippen LogP contribution in [0.2, 0.25) is 0 Å². The molecular formula is C20H22N6O2S. The van der Waals surface area contributed by atoms with E-state index in [1.807, 2.05) is 31.2 Å². The van der Waals surface area contributed by atoms with Crippen molar-refractivity contribution in [3.63, 3.8) is 0 Å². The number of likely N-dealkylation sites (N-methyl/N-ethyl adjacent to an activating group) is 1. The molecule has 0 saturated carbocycles. The summed E-state index contributed by atoms with van der Waals surface area (Å²) in [6.07, 6.45) is 4.55. The summed E-state index contributed by atoms with van der Waals surface area (Å²) in [5, 5.41) is 0.732. The highest BCUT2D eigenvalue weighted by Gasteiger charge is 2.26. The van der Waals surface area contributed by atoms with E-state index in [4.69, 9.17) is 0 Å². The lowest BCUT2D eigenvalue weighted by Crippen LogP contribution is -2.51. The van der Waals surface area contributed by atoms with E-state index in [0.29, 0.717) is 45.0 Å². The summed E-state index contributed by atoms with van der Waals surface area (Å²) in [6.45, 7) is 5.28. The van der Waals surface area contributed by atoms with Gasteiger partial charge in [0.1, 0.15) is 5.69 Å². The first-order chi connectivity index (χ1) is 14.2. The zero-order valence-corrected chi connectivity index (χ0v) is 17.0. The number of aromatic nitrogens is 3. The van der Waals surface area contributed by atoms with Crippen molar-refractivity contribution in [3.8, 4) is 0 Å². The minimum Gasteiger partial charge on any atom is -0.335 e. The molecule has 150 valence electrons. The first kappa shape index (κ1) is 19.4. The van der Waals surface area contributed by atoms with Gasteiger partial charge in [0, 0.05) is 45.1 Å². The molecule has 1 aromatic carbocycles. The van der Waals surface area contributed by atoms with Crippen LogP contribution in [0.1, 0.15) is 17.4 Å². The Morgan fingerprint density at radius 1 is 1.14 bits per heavy atom. The van der Waals surface area contributed by atoms with Gasteiger partial charge in [-0.3, -0.25) is 24.4 Å². The highest BCUT2D eigenvalue weighted by atomic mass is 32.1. The van der Waals surface area contributed by atoms with Crippen LogP contribution in [-0.2, 0) is 4.79 Å². The van der Waals surface area contributed by atoms with Gasteiger partial charge in [0.2, 0.25) is 5.91 Å². The third kappa shape index (κ3) is 4.25. The highest BCUT2D eigenvalue weighted by Crippen LogP contribution is 2.28. The minimum absolute atomic E-state index is 0.0280. The van der Waals surface area contributed by atoms with Crippen LogP contribution in [0.5, 0.6) is 0 Å². The molecule has 0 spiro atoms. The quantitative estimate of drug-likeness (QED) is 0.639. The van der Waals surface area contributed by atoms with E-state index >= 15 is 0 Å². The maximum absolute atomic E-state index is 12.9. The van der Waals surface area contributed by atoms with E-state index < -0.39 is 0 Å². The molecule has 3 aromatic rings. The second-order valence-corrected chi connectivity index (χ2v) is 7.77. The Kier molecular flexibility index (Phi) is 5.77. The maximum atomic E-state index is 12.9. The fourth-order valence-electron chi connectivity index (χ4n) is 3.35. The number of rotatable bonds is 5. The lowest BCUT2D eigenvalue weighted by Gasteiger charge is -2.34. The summed E-state index contributed by atoms with van der Waals surface area (Å²) >= 11 is 1.53.